The minimum atomic E-state index is -0.516. The Hall–Kier alpha value is -1.75. The lowest BCUT2D eigenvalue weighted by molar-refractivity contribution is -0.119. The summed E-state index contributed by atoms with van der Waals surface area (Å²) in [6, 6.07) is 5.42. The van der Waals surface area contributed by atoms with E-state index >= 15 is 0 Å². The minimum absolute atomic E-state index is 0.0409. The number of carbonyl (C=O) groups excluding carboxylic acids is 1. The van der Waals surface area contributed by atoms with E-state index in [1.54, 1.807) is 6.07 Å². The molecule has 0 aromatic heterocycles. The van der Waals surface area contributed by atoms with Crippen LogP contribution in [0.3, 0.4) is 0 Å². The molecule has 4 N–H and O–H groups in total. The van der Waals surface area contributed by atoms with Gasteiger partial charge < -0.3 is 20.9 Å². The van der Waals surface area contributed by atoms with E-state index in [-0.39, 0.29) is 12.6 Å². The number of benzene rings is 1. The Kier molecular flexibility index (Phi) is 2.96. The van der Waals surface area contributed by atoms with Crippen molar-refractivity contribution in [1.29, 1.82) is 0 Å². The monoisotopic (exact) mass is 222 g/mol. The van der Waals surface area contributed by atoms with Crippen molar-refractivity contribution in [3.05, 3.63) is 23.8 Å². The van der Waals surface area contributed by atoms with Crippen molar-refractivity contribution < 1.29 is 14.3 Å². The molecule has 16 heavy (non-hydrogen) atoms. The van der Waals surface area contributed by atoms with Gasteiger partial charge in [-0.1, -0.05) is 12.1 Å². The molecule has 0 saturated heterocycles. The molecule has 86 valence electrons. The first-order valence-corrected chi connectivity index (χ1v) is 5.11. The normalized spacial score (nSPS) is 18.4. The molecule has 0 radical (unpaired) electrons. The molecular formula is C11H14N2O3. The maximum atomic E-state index is 10.6. The second-order valence-corrected chi connectivity index (χ2v) is 3.67. The third-order valence-electron chi connectivity index (χ3n) is 2.45. The van der Waals surface area contributed by atoms with Crippen molar-refractivity contribution in [3.63, 3.8) is 0 Å². The van der Waals surface area contributed by atoms with Crippen LogP contribution in [0.5, 0.6) is 11.5 Å². The first kappa shape index (κ1) is 10.8. The predicted molar refractivity (Wildman–Crippen MR) is 58.2 cm³/mol. The molecule has 0 fully saturated rings. The Morgan fingerprint density at radius 3 is 3.12 bits per heavy atom. The number of nitrogens with two attached hydrogens (primary N) is 2. The molecule has 0 saturated carbocycles. The molecule has 1 aromatic carbocycles. The van der Waals surface area contributed by atoms with Crippen LogP contribution in [0.25, 0.3) is 0 Å². The van der Waals surface area contributed by atoms with Crippen molar-refractivity contribution in [2.24, 2.45) is 11.5 Å². The summed E-state index contributed by atoms with van der Waals surface area (Å²) in [6.07, 6.45) is 0.784. The third-order valence-corrected chi connectivity index (χ3v) is 2.45. The van der Waals surface area contributed by atoms with Crippen molar-refractivity contribution in [1.82, 2.24) is 0 Å². The Morgan fingerprint density at radius 1 is 1.56 bits per heavy atom. The smallest absolute Gasteiger partial charge is 0.255 e. The van der Waals surface area contributed by atoms with Gasteiger partial charge in [0.15, 0.2) is 18.1 Å². The molecule has 0 bridgehead atoms. The number of carbonyl (C=O) groups is 1. The lowest BCUT2D eigenvalue weighted by Crippen LogP contribution is -2.23. The van der Waals surface area contributed by atoms with Gasteiger partial charge in [-0.05, 0) is 6.07 Å². The first-order chi connectivity index (χ1) is 7.68. The van der Waals surface area contributed by atoms with Crippen molar-refractivity contribution in [2.45, 2.75) is 12.5 Å². The highest BCUT2D eigenvalue weighted by Crippen LogP contribution is 2.38. The van der Waals surface area contributed by atoms with E-state index in [4.69, 9.17) is 20.9 Å². The summed E-state index contributed by atoms with van der Waals surface area (Å²) < 4.78 is 10.8. The van der Waals surface area contributed by atoms with Gasteiger partial charge >= 0.3 is 0 Å². The zero-order chi connectivity index (χ0) is 11.5. The Morgan fingerprint density at radius 2 is 2.38 bits per heavy atom. The van der Waals surface area contributed by atoms with Crippen molar-refractivity contribution in [3.8, 4) is 11.5 Å². The highest BCUT2D eigenvalue weighted by molar-refractivity contribution is 5.75. The number of ether oxygens (including phenoxy) is 2. The second-order valence-electron chi connectivity index (χ2n) is 3.67. The summed E-state index contributed by atoms with van der Waals surface area (Å²) in [5, 5.41) is 0. The molecule has 5 nitrogen and oxygen atoms in total. The van der Waals surface area contributed by atoms with E-state index in [0.717, 1.165) is 12.0 Å². The van der Waals surface area contributed by atoms with Gasteiger partial charge in [0.1, 0.15) is 0 Å². The van der Waals surface area contributed by atoms with E-state index < -0.39 is 5.91 Å². The highest BCUT2D eigenvalue weighted by Gasteiger charge is 2.21. The van der Waals surface area contributed by atoms with Crippen LogP contribution in [0, 0.1) is 0 Å². The van der Waals surface area contributed by atoms with Crippen LogP contribution in [0.2, 0.25) is 0 Å². The van der Waals surface area contributed by atoms with E-state index in [1.807, 2.05) is 12.1 Å². The maximum Gasteiger partial charge on any atom is 0.255 e. The summed E-state index contributed by atoms with van der Waals surface area (Å²) in [5.74, 6) is 0.631. The molecule has 0 aliphatic carbocycles. The summed E-state index contributed by atoms with van der Waals surface area (Å²) >= 11 is 0. The van der Waals surface area contributed by atoms with Gasteiger partial charge in [0.05, 0.1) is 6.61 Å². The fourth-order valence-corrected chi connectivity index (χ4v) is 1.69. The van der Waals surface area contributed by atoms with Gasteiger partial charge in [0.2, 0.25) is 0 Å². The fraction of sp³-hybridized carbons (Fsp3) is 0.364. The standard InChI is InChI=1S/C11H14N2O3/c12-8-4-5-15-11-7(8)2-1-3-9(11)16-6-10(13)14/h1-3,8H,4-6,12H2,(H2,13,14). The van der Waals surface area contributed by atoms with Crippen LogP contribution in [0.15, 0.2) is 18.2 Å². The summed E-state index contributed by atoms with van der Waals surface area (Å²) in [7, 11) is 0. The molecule has 1 atom stereocenters. The Bertz CT molecular complexity index is 406. The SMILES string of the molecule is NC(=O)COc1cccc2c1OCCC2N. The average Bonchev–Trinajstić information content (AvgIpc) is 2.27. The molecule has 5 heteroatoms. The number of fused-ring (bicyclic) bond motifs is 1. The van der Waals surface area contributed by atoms with Gasteiger partial charge in [-0.2, -0.15) is 0 Å². The molecule has 1 heterocycles. The Labute approximate surface area is 93.3 Å². The average molecular weight is 222 g/mol. The summed E-state index contributed by atoms with van der Waals surface area (Å²) in [6.45, 7) is 0.403. The second kappa shape index (κ2) is 4.40. The van der Waals surface area contributed by atoms with Crippen LogP contribution in [0.1, 0.15) is 18.0 Å². The van der Waals surface area contributed by atoms with Crippen LogP contribution >= 0.6 is 0 Å². The molecule has 1 aliphatic heterocycles. The number of rotatable bonds is 3. The van der Waals surface area contributed by atoms with E-state index in [2.05, 4.69) is 0 Å². The molecule has 1 aliphatic rings. The Balaban J connectivity index is 2.25. The predicted octanol–water partition coefficient (Wildman–Crippen LogP) is 0.333. The van der Waals surface area contributed by atoms with Gasteiger partial charge in [0, 0.05) is 18.0 Å². The molecule has 1 unspecified atom stereocenters. The molecular weight excluding hydrogens is 208 g/mol. The zero-order valence-electron chi connectivity index (χ0n) is 8.81. The number of hydrogen-bond acceptors (Lipinski definition) is 4. The number of hydrogen-bond donors (Lipinski definition) is 2. The molecule has 1 aromatic rings. The van der Waals surface area contributed by atoms with E-state index in [1.165, 1.54) is 0 Å². The quantitative estimate of drug-likeness (QED) is 0.771. The van der Waals surface area contributed by atoms with E-state index in [9.17, 15) is 4.79 Å². The highest BCUT2D eigenvalue weighted by atomic mass is 16.5. The topological polar surface area (TPSA) is 87.6 Å². The lowest BCUT2D eigenvalue weighted by Gasteiger charge is -2.24. The maximum absolute atomic E-state index is 10.6. The molecule has 0 spiro atoms. The van der Waals surface area contributed by atoms with Gasteiger partial charge in [0.25, 0.3) is 5.91 Å². The number of amides is 1. The lowest BCUT2D eigenvalue weighted by atomic mass is 10.0. The largest absolute Gasteiger partial charge is 0.489 e. The minimum Gasteiger partial charge on any atom is -0.489 e. The van der Waals surface area contributed by atoms with Crippen LogP contribution in [0.4, 0.5) is 0 Å². The number of primary amides is 1. The first-order valence-electron chi connectivity index (χ1n) is 5.11. The molecule has 1 amide bonds. The third kappa shape index (κ3) is 2.09. The fourth-order valence-electron chi connectivity index (χ4n) is 1.69. The summed E-state index contributed by atoms with van der Waals surface area (Å²) in [4.78, 5) is 10.6. The number of para-hydroxylation sites is 1. The van der Waals surface area contributed by atoms with Crippen LogP contribution < -0.4 is 20.9 Å². The van der Waals surface area contributed by atoms with Crippen LogP contribution in [-0.4, -0.2) is 19.1 Å². The van der Waals surface area contributed by atoms with Crippen molar-refractivity contribution >= 4 is 5.91 Å². The van der Waals surface area contributed by atoms with Crippen molar-refractivity contribution in [2.75, 3.05) is 13.2 Å². The van der Waals surface area contributed by atoms with Crippen LogP contribution in [-0.2, 0) is 4.79 Å². The van der Waals surface area contributed by atoms with Gasteiger partial charge in [-0.15, -0.1) is 0 Å². The van der Waals surface area contributed by atoms with E-state index in [0.29, 0.717) is 18.1 Å². The van der Waals surface area contributed by atoms with Gasteiger partial charge in [-0.3, -0.25) is 4.79 Å². The summed E-state index contributed by atoms with van der Waals surface area (Å²) in [5.41, 5.74) is 11.9. The zero-order valence-corrected chi connectivity index (χ0v) is 8.81. The molecule has 2 rings (SSSR count). The van der Waals surface area contributed by atoms with Gasteiger partial charge in [-0.25, -0.2) is 0 Å².